The molecule has 0 radical (unpaired) electrons. The summed E-state index contributed by atoms with van der Waals surface area (Å²) in [4.78, 5) is 2.95. The van der Waals surface area contributed by atoms with E-state index < -0.39 is 0 Å². The van der Waals surface area contributed by atoms with Crippen LogP contribution in [-0.4, -0.2) is 9.72 Å². The molecule has 1 aromatic rings. The molecule has 44 valence electrons. The Labute approximate surface area is 55.9 Å². The average molecular weight is 148 g/mol. The highest BCUT2D eigenvalue weighted by Gasteiger charge is 1.84. The number of H-pyrrole nitrogens is 1. The largest absolute Gasteiger partial charge is 0.347 e. The molecule has 0 aliphatic carbocycles. The number of hydrogen-bond donors (Lipinski definition) is 1. The Balaban J connectivity index is 3.59. The Kier molecular flexibility index (Phi) is 1.31. The van der Waals surface area contributed by atoms with E-state index in [9.17, 15) is 0 Å². The second-order valence-electron chi connectivity index (χ2n) is 1.31. The summed E-state index contributed by atoms with van der Waals surface area (Å²) >= 11 is 9.33. The fourth-order valence-electron chi connectivity index (χ4n) is 0.355. The minimum atomic E-state index is 0.317. The Hall–Kier alpha value is -0.420. The summed E-state index contributed by atoms with van der Waals surface area (Å²) < 4.78 is 6.70. The van der Waals surface area contributed by atoms with Crippen molar-refractivity contribution in [1.29, 1.82) is 0 Å². The van der Waals surface area contributed by atoms with Gasteiger partial charge in [-0.15, -0.1) is 0 Å². The second-order valence-corrected chi connectivity index (χ2v) is 2.06. The lowest BCUT2D eigenvalue weighted by Gasteiger charge is -1.77. The van der Waals surface area contributed by atoms with E-state index in [4.69, 9.17) is 16.7 Å². The lowest BCUT2D eigenvalue weighted by Crippen LogP contribution is -1.81. The van der Waals surface area contributed by atoms with Crippen LogP contribution in [0.5, 0.6) is 0 Å². The van der Waals surface area contributed by atoms with Crippen molar-refractivity contribution >= 4 is 24.4 Å². The highest BCUT2D eigenvalue weighted by molar-refractivity contribution is 7.71. The van der Waals surface area contributed by atoms with Crippen LogP contribution in [-0.2, 0) is 7.05 Å². The predicted molar refractivity (Wildman–Crippen MR) is 33.7 cm³/mol. The minimum Gasteiger partial charge on any atom is -0.347 e. The molecule has 0 unspecified atom stereocenters. The molecule has 0 amide bonds. The molecule has 0 fully saturated rings. The van der Waals surface area contributed by atoms with E-state index in [0.717, 1.165) is 0 Å². The number of hydrogen-bond acceptors (Lipinski definition) is 3. The van der Waals surface area contributed by atoms with Crippen molar-refractivity contribution in [1.82, 2.24) is 9.72 Å². The Morgan fingerprint density at radius 1 is 1.62 bits per heavy atom. The molecule has 1 heterocycles. The zero-order chi connectivity index (χ0) is 6.15. The smallest absolute Gasteiger partial charge is 0.292 e. The van der Waals surface area contributed by atoms with Gasteiger partial charge in [-0.2, -0.15) is 4.74 Å². The summed E-state index contributed by atoms with van der Waals surface area (Å²) in [7, 11) is 1.69. The van der Waals surface area contributed by atoms with Gasteiger partial charge in [-0.25, -0.2) is 0 Å². The van der Waals surface area contributed by atoms with Crippen LogP contribution in [0.15, 0.2) is 4.52 Å². The van der Waals surface area contributed by atoms with Crippen molar-refractivity contribution in [2.75, 3.05) is 0 Å². The molecule has 0 saturated carbocycles. The number of aryl methyl sites for hydroxylation is 1. The van der Waals surface area contributed by atoms with Crippen molar-refractivity contribution < 1.29 is 4.52 Å². The highest BCUT2D eigenvalue weighted by atomic mass is 32.1. The SMILES string of the molecule is Cn1oc(=S)[nH]c1=S. The number of rotatable bonds is 0. The topological polar surface area (TPSA) is 33.9 Å². The van der Waals surface area contributed by atoms with E-state index >= 15 is 0 Å². The molecule has 0 bridgehead atoms. The number of aromatic amines is 1. The molecule has 1 N–H and O–H groups in total. The van der Waals surface area contributed by atoms with Gasteiger partial charge in [-0.3, -0.25) is 4.98 Å². The van der Waals surface area contributed by atoms with E-state index in [1.165, 1.54) is 4.74 Å². The summed E-state index contributed by atoms with van der Waals surface area (Å²) in [6.45, 7) is 0. The van der Waals surface area contributed by atoms with Gasteiger partial charge in [-0.1, -0.05) is 0 Å². The quantitative estimate of drug-likeness (QED) is 0.565. The Morgan fingerprint density at radius 2 is 2.25 bits per heavy atom. The van der Waals surface area contributed by atoms with Crippen LogP contribution in [0.3, 0.4) is 0 Å². The fourth-order valence-corrected chi connectivity index (χ4v) is 0.758. The van der Waals surface area contributed by atoms with Crippen LogP contribution in [0.2, 0.25) is 0 Å². The zero-order valence-electron chi connectivity index (χ0n) is 4.17. The van der Waals surface area contributed by atoms with Crippen molar-refractivity contribution in [3.63, 3.8) is 0 Å². The first kappa shape index (κ1) is 5.71. The molecule has 1 rings (SSSR count). The molecule has 1 aromatic heterocycles. The van der Waals surface area contributed by atoms with Crippen LogP contribution >= 0.6 is 24.4 Å². The van der Waals surface area contributed by atoms with Gasteiger partial charge in [0.2, 0.25) is 4.77 Å². The van der Waals surface area contributed by atoms with Gasteiger partial charge in [0.25, 0.3) is 4.84 Å². The highest BCUT2D eigenvalue weighted by Crippen LogP contribution is 1.87. The summed E-state index contributed by atoms with van der Waals surface area (Å²) in [5.74, 6) is 0. The lowest BCUT2D eigenvalue weighted by molar-refractivity contribution is 0.293. The molecule has 0 atom stereocenters. The first-order chi connectivity index (χ1) is 3.70. The van der Waals surface area contributed by atoms with E-state index in [1.54, 1.807) is 7.05 Å². The maximum Gasteiger partial charge on any atom is 0.292 e. The first-order valence-corrected chi connectivity index (χ1v) is 2.78. The van der Waals surface area contributed by atoms with Gasteiger partial charge in [0, 0.05) is 7.05 Å². The molecule has 0 spiro atoms. The number of aromatic nitrogens is 2. The molecular formula is C3H4N2OS2. The maximum atomic E-state index is 4.79. The van der Waals surface area contributed by atoms with Crippen molar-refractivity contribution in [3.05, 3.63) is 9.61 Å². The van der Waals surface area contributed by atoms with Gasteiger partial charge in [0.15, 0.2) is 0 Å². The fraction of sp³-hybridized carbons (Fsp3) is 0.333. The molecule has 5 heteroatoms. The summed E-state index contributed by atoms with van der Waals surface area (Å²) in [5, 5.41) is 0. The summed E-state index contributed by atoms with van der Waals surface area (Å²) in [6, 6.07) is 0. The average Bonchev–Trinajstić information content (AvgIpc) is 1.85. The Morgan fingerprint density at radius 3 is 2.38 bits per heavy atom. The van der Waals surface area contributed by atoms with Crippen LogP contribution in [0.1, 0.15) is 0 Å². The maximum absolute atomic E-state index is 4.79. The summed E-state index contributed by atoms with van der Waals surface area (Å²) in [5.41, 5.74) is 0. The second kappa shape index (κ2) is 1.83. The molecule has 0 aliphatic heterocycles. The molecule has 0 aromatic carbocycles. The molecule has 0 saturated heterocycles. The van der Waals surface area contributed by atoms with Crippen molar-refractivity contribution in [2.24, 2.45) is 7.05 Å². The monoisotopic (exact) mass is 148 g/mol. The van der Waals surface area contributed by atoms with Gasteiger partial charge < -0.3 is 4.52 Å². The first-order valence-electron chi connectivity index (χ1n) is 1.97. The van der Waals surface area contributed by atoms with E-state index in [1.807, 2.05) is 0 Å². The van der Waals surface area contributed by atoms with Gasteiger partial charge in [-0.05, 0) is 24.4 Å². The van der Waals surface area contributed by atoms with Gasteiger partial charge in [0.1, 0.15) is 0 Å². The number of nitrogens with zero attached hydrogens (tertiary/aromatic N) is 1. The molecular weight excluding hydrogens is 144 g/mol. The lowest BCUT2D eigenvalue weighted by atomic mass is 11.2. The standard InChI is InChI=1S/C3H4N2OS2/c1-5-2(7)4-3(8)6-5/h1H3,(H,4,7,8). The van der Waals surface area contributed by atoms with Crippen LogP contribution < -0.4 is 0 Å². The third-order valence-electron chi connectivity index (χ3n) is 0.715. The van der Waals surface area contributed by atoms with E-state index in [-0.39, 0.29) is 0 Å². The molecule has 3 nitrogen and oxygen atoms in total. The van der Waals surface area contributed by atoms with Crippen LogP contribution in [0.25, 0.3) is 0 Å². The van der Waals surface area contributed by atoms with Crippen LogP contribution in [0, 0.1) is 9.61 Å². The zero-order valence-corrected chi connectivity index (χ0v) is 5.80. The minimum absolute atomic E-state index is 0.317. The van der Waals surface area contributed by atoms with E-state index in [0.29, 0.717) is 9.61 Å². The van der Waals surface area contributed by atoms with Gasteiger partial charge >= 0.3 is 0 Å². The van der Waals surface area contributed by atoms with Crippen molar-refractivity contribution in [2.45, 2.75) is 0 Å². The number of nitrogens with one attached hydrogen (secondary N) is 1. The third kappa shape index (κ3) is 0.873. The van der Waals surface area contributed by atoms with Crippen molar-refractivity contribution in [3.8, 4) is 0 Å². The van der Waals surface area contributed by atoms with E-state index in [2.05, 4.69) is 17.2 Å². The predicted octanol–water partition coefficient (Wildman–Crippen LogP) is 1.41. The molecule has 0 aliphatic rings. The Bertz CT molecular complexity index is 280. The van der Waals surface area contributed by atoms with Gasteiger partial charge in [0.05, 0.1) is 0 Å². The molecule has 8 heavy (non-hydrogen) atoms. The summed E-state index contributed by atoms with van der Waals surface area (Å²) in [6.07, 6.45) is 0. The third-order valence-corrected chi connectivity index (χ3v) is 1.25. The van der Waals surface area contributed by atoms with Crippen LogP contribution in [0.4, 0.5) is 0 Å². The normalized spacial score (nSPS) is 9.62.